The molecule has 1 N–H and O–H groups in total. The summed E-state index contributed by atoms with van der Waals surface area (Å²) in [6, 6.07) is 9.07. The fraction of sp³-hybridized carbons (Fsp3) is 0.579. The van der Waals surface area contributed by atoms with Crippen molar-refractivity contribution in [3.63, 3.8) is 0 Å². The van der Waals surface area contributed by atoms with Crippen LogP contribution in [0.5, 0.6) is 0 Å². The van der Waals surface area contributed by atoms with Crippen LogP contribution >= 0.6 is 0 Å². The highest BCUT2D eigenvalue weighted by atomic mass is 16.6. The molecule has 2 rings (SSSR count). The van der Waals surface area contributed by atoms with Crippen LogP contribution in [0.25, 0.3) is 0 Å². The number of nitrogens with zero attached hydrogens (tertiary/aromatic N) is 1. The average Bonchev–Trinajstić information content (AvgIpc) is 2.60. The number of rotatable bonds is 5. The van der Waals surface area contributed by atoms with E-state index >= 15 is 0 Å². The number of piperidine rings is 1. The molecule has 1 aliphatic heterocycles. The molecule has 0 spiro atoms. The van der Waals surface area contributed by atoms with Crippen LogP contribution in [0, 0.1) is 0 Å². The first-order valence-electron chi connectivity index (χ1n) is 8.79. The molecule has 0 bridgehead atoms. The molecule has 1 heterocycles. The zero-order valence-electron chi connectivity index (χ0n) is 15.9. The molecule has 1 fully saturated rings. The van der Waals surface area contributed by atoms with Crippen molar-refractivity contribution in [2.75, 3.05) is 13.7 Å². The summed E-state index contributed by atoms with van der Waals surface area (Å²) in [6.07, 6.45) is 0.647. The molecule has 1 aromatic carbocycles. The Hall–Kier alpha value is -2.12. The molecule has 144 valence electrons. The van der Waals surface area contributed by atoms with Crippen LogP contribution in [0.3, 0.4) is 0 Å². The van der Waals surface area contributed by atoms with Crippen molar-refractivity contribution < 1.29 is 23.9 Å². The lowest BCUT2D eigenvalue weighted by Gasteiger charge is -2.38. The number of amides is 1. The molecule has 26 heavy (non-hydrogen) atoms. The maximum absolute atomic E-state index is 12.5. The van der Waals surface area contributed by atoms with Gasteiger partial charge in [0.15, 0.2) is 0 Å². The maximum Gasteiger partial charge on any atom is 0.411 e. The third kappa shape index (κ3) is 6.00. The van der Waals surface area contributed by atoms with Gasteiger partial charge in [-0.2, -0.15) is 5.48 Å². The van der Waals surface area contributed by atoms with E-state index in [1.54, 1.807) is 20.8 Å². The first-order chi connectivity index (χ1) is 12.3. The molecular weight excluding hydrogens is 336 g/mol. The monoisotopic (exact) mass is 364 g/mol. The van der Waals surface area contributed by atoms with E-state index in [1.807, 2.05) is 30.3 Å². The van der Waals surface area contributed by atoms with Gasteiger partial charge in [0.2, 0.25) is 0 Å². The van der Waals surface area contributed by atoms with E-state index in [2.05, 4.69) is 5.48 Å². The van der Waals surface area contributed by atoms with Gasteiger partial charge in [-0.3, -0.25) is 9.74 Å². The number of benzene rings is 1. The van der Waals surface area contributed by atoms with Gasteiger partial charge in [0.1, 0.15) is 11.6 Å². The quantitative estimate of drug-likeness (QED) is 0.639. The highest BCUT2D eigenvalue weighted by Gasteiger charge is 2.38. The van der Waals surface area contributed by atoms with E-state index in [4.69, 9.17) is 14.3 Å². The Morgan fingerprint density at radius 1 is 1.19 bits per heavy atom. The van der Waals surface area contributed by atoms with Crippen molar-refractivity contribution in [2.45, 2.75) is 57.9 Å². The highest BCUT2D eigenvalue weighted by molar-refractivity contribution is 5.81. The molecule has 0 radical (unpaired) electrons. The predicted molar refractivity (Wildman–Crippen MR) is 96.1 cm³/mol. The standard InChI is InChI=1S/C19H28N2O5/c1-19(2,3)26-18(23)21-12-15(10-11-16(21)17(22)24-4)20-25-13-14-8-6-5-7-9-14/h5-9,15-16,20H,10-13H2,1-4H3/t15-,16-/m0/s1. The fourth-order valence-corrected chi connectivity index (χ4v) is 2.79. The van der Waals surface area contributed by atoms with Gasteiger partial charge in [0.25, 0.3) is 0 Å². The van der Waals surface area contributed by atoms with Crippen molar-refractivity contribution in [3.05, 3.63) is 35.9 Å². The minimum absolute atomic E-state index is 0.0906. The molecule has 0 aliphatic carbocycles. The van der Waals surface area contributed by atoms with Crippen LogP contribution < -0.4 is 5.48 Å². The van der Waals surface area contributed by atoms with Gasteiger partial charge in [-0.1, -0.05) is 30.3 Å². The lowest BCUT2D eigenvalue weighted by atomic mass is 9.99. The summed E-state index contributed by atoms with van der Waals surface area (Å²) < 4.78 is 10.3. The summed E-state index contributed by atoms with van der Waals surface area (Å²) in [5.41, 5.74) is 3.41. The van der Waals surface area contributed by atoms with Crippen molar-refractivity contribution >= 4 is 12.1 Å². The van der Waals surface area contributed by atoms with Crippen LogP contribution in [0.4, 0.5) is 4.79 Å². The van der Waals surface area contributed by atoms with Crippen molar-refractivity contribution in [1.29, 1.82) is 0 Å². The van der Waals surface area contributed by atoms with Crippen LogP contribution in [-0.2, 0) is 25.7 Å². The molecule has 2 atom stereocenters. The number of carbonyl (C=O) groups excluding carboxylic acids is 2. The molecule has 1 saturated heterocycles. The Bertz CT molecular complexity index is 600. The Morgan fingerprint density at radius 3 is 2.50 bits per heavy atom. The summed E-state index contributed by atoms with van der Waals surface area (Å²) in [7, 11) is 1.32. The molecule has 0 unspecified atom stereocenters. The van der Waals surface area contributed by atoms with Gasteiger partial charge >= 0.3 is 12.1 Å². The molecule has 0 saturated carbocycles. The summed E-state index contributed by atoms with van der Waals surface area (Å²) in [4.78, 5) is 31.5. The SMILES string of the molecule is COC(=O)[C@@H]1CC[C@H](NOCc2ccccc2)CN1C(=O)OC(C)(C)C. The average molecular weight is 364 g/mol. The molecule has 1 amide bonds. The van der Waals surface area contributed by atoms with Gasteiger partial charge in [-0.05, 0) is 39.2 Å². The van der Waals surface area contributed by atoms with Crippen molar-refractivity contribution in [2.24, 2.45) is 0 Å². The van der Waals surface area contributed by atoms with Gasteiger partial charge in [0.05, 0.1) is 19.8 Å². The van der Waals surface area contributed by atoms with Gasteiger partial charge in [0, 0.05) is 6.54 Å². The van der Waals surface area contributed by atoms with E-state index in [-0.39, 0.29) is 6.04 Å². The number of methoxy groups -OCH3 is 1. The summed E-state index contributed by atoms with van der Waals surface area (Å²) in [6.45, 7) is 6.11. The molecule has 1 aromatic rings. The minimum atomic E-state index is -0.637. The van der Waals surface area contributed by atoms with E-state index in [0.29, 0.717) is 26.0 Å². The smallest absolute Gasteiger partial charge is 0.411 e. The number of esters is 1. The second-order valence-corrected chi connectivity index (χ2v) is 7.34. The number of hydrogen-bond acceptors (Lipinski definition) is 6. The number of hydrogen-bond donors (Lipinski definition) is 1. The number of hydroxylamine groups is 1. The van der Waals surface area contributed by atoms with Gasteiger partial charge in [-0.15, -0.1) is 0 Å². The number of nitrogens with one attached hydrogen (secondary N) is 1. The van der Waals surface area contributed by atoms with Gasteiger partial charge < -0.3 is 9.47 Å². The number of carbonyl (C=O) groups is 2. The topological polar surface area (TPSA) is 77.1 Å². The predicted octanol–water partition coefficient (Wildman–Crippen LogP) is 2.65. The first kappa shape index (κ1) is 20.2. The third-order valence-corrected chi connectivity index (χ3v) is 4.01. The Morgan fingerprint density at radius 2 is 1.88 bits per heavy atom. The molecular formula is C19H28N2O5. The summed E-state index contributed by atoms with van der Waals surface area (Å²) in [5.74, 6) is -0.431. The van der Waals surface area contributed by atoms with E-state index in [1.165, 1.54) is 12.0 Å². The Kier molecular flexibility index (Phi) is 6.99. The lowest BCUT2D eigenvalue weighted by molar-refractivity contribution is -0.149. The van der Waals surface area contributed by atoms with Crippen LogP contribution in [0.15, 0.2) is 30.3 Å². The molecule has 7 nitrogen and oxygen atoms in total. The van der Waals surface area contributed by atoms with E-state index in [9.17, 15) is 9.59 Å². The minimum Gasteiger partial charge on any atom is -0.467 e. The van der Waals surface area contributed by atoms with Crippen LogP contribution in [0.1, 0.15) is 39.2 Å². The van der Waals surface area contributed by atoms with Gasteiger partial charge in [-0.25, -0.2) is 9.59 Å². The molecule has 1 aliphatic rings. The third-order valence-electron chi connectivity index (χ3n) is 4.01. The highest BCUT2D eigenvalue weighted by Crippen LogP contribution is 2.22. The van der Waals surface area contributed by atoms with Crippen LogP contribution in [0.2, 0.25) is 0 Å². The largest absolute Gasteiger partial charge is 0.467 e. The number of likely N-dealkylation sites (tertiary alicyclic amines) is 1. The fourth-order valence-electron chi connectivity index (χ4n) is 2.79. The molecule has 0 aromatic heterocycles. The van der Waals surface area contributed by atoms with Crippen LogP contribution in [-0.4, -0.2) is 48.3 Å². The maximum atomic E-state index is 12.5. The Balaban J connectivity index is 1.94. The molecule has 7 heteroatoms. The van der Waals surface area contributed by atoms with E-state index < -0.39 is 23.7 Å². The normalized spacial score (nSPS) is 20.5. The lowest BCUT2D eigenvalue weighted by Crippen LogP contribution is -2.56. The first-order valence-corrected chi connectivity index (χ1v) is 8.79. The van der Waals surface area contributed by atoms with Crippen molar-refractivity contribution in [1.82, 2.24) is 10.4 Å². The second-order valence-electron chi connectivity index (χ2n) is 7.34. The van der Waals surface area contributed by atoms with E-state index in [0.717, 1.165) is 5.56 Å². The summed E-state index contributed by atoms with van der Waals surface area (Å²) >= 11 is 0. The van der Waals surface area contributed by atoms with Crippen molar-refractivity contribution in [3.8, 4) is 0 Å². The number of ether oxygens (including phenoxy) is 2. The zero-order valence-corrected chi connectivity index (χ0v) is 15.9. The zero-order chi connectivity index (χ0) is 19.2. The second kappa shape index (κ2) is 9.00. The Labute approximate surface area is 154 Å². The summed E-state index contributed by atoms with van der Waals surface area (Å²) in [5, 5.41) is 0.